The van der Waals surface area contributed by atoms with E-state index in [1.165, 1.54) is 340 Å². The highest BCUT2D eigenvalue weighted by Crippen LogP contribution is 2.43. The Morgan fingerprint density at radius 2 is 0.598 bits per heavy atom. The summed E-state index contributed by atoms with van der Waals surface area (Å²) in [6, 6.07) is 0. The maximum absolute atomic E-state index is 12.8. The number of unbranched alkanes of at least 4 members (excludes halogenated alkanes) is 57. The summed E-state index contributed by atoms with van der Waals surface area (Å²) in [7, 11) is -4.39. The molecule has 10 heteroatoms. The van der Waals surface area contributed by atoms with E-state index in [1.54, 1.807) is 0 Å². The molecule has 0 aliphatic heterocycles. The number of ether oxygens (including phenoxy) is 2. The summed E-state index contributed by atoms with van der Waals surface area (Å²) < 4.78 is 33.3. The SMILES string of the molecule is CC/C=C\C/C=C\C/C=C\C/C=C\CCCCCCCCCCCCCCCCCCCCCCCCCCCCCCC(=O)OC(COC(=O)CCCCCCCCCCCCCCCCCCCCCCCCCCCCCCCC)COP(=O)(O)OCCN. The minimum absolute atomic E-state index is 0.0570. The predicted octanol–water partition coefficient (Wildman–Crippen LogP) is 27.2. The molecule has 0 aromatic heterocycles. The first-order valence-corrected chi connectivity index (χ1v) is 42.1. The highest BCUT2D eigenvalue weighted by molar-refractivity contribution is 7.47. The van der Waals surface area contributed by atoms with Crippen LogP contribution in [0.4, 0.5) is 0 Å². The normalized spacial score (nSPS) is 13.0. The van der Waals surface area contributed by atoms with E-state index < -0.39 is 26.5 Å². The van der Waals surface area contributed by atoms with Crippen LogP contribution in [0.5, 0.6) is 0 Å². The molecule has 0 aromatic carbocycles. The van der Waals surface area contributed by atoms with E-state index in [2.05, 4.69) is 62.5 Å². The van der Waals surface area contributed by atoms with Crippen LogP contribution in [0, 0.1) is 0 Å². The quantitative estimate of drug-likeness (QED) is 0.0264. The molecule has 2 unspecified atom stereocenters. The van der Waals surface area contributed by atoms with Gasteiger partial charge in [-0.3, -0.25) is 18.6 Å². The molecule has 0 rings (SSSR count). The van der Waals surface area contributed by atoms with Gasteiger partial charge in [0.15, 0.2) is 6.10 Å². The highest BCUT2D eigenvalue weighted by atomic mass is 31.2. The molecule has 0 spiro atoms. The van der Waals surface area contributed by atoms with Gasteiger partial charge in [-0.25, -0.2) is 4.57 Å². The Morgan fingerprint density at radius 3 is 0.891 bits per heavy atom. The number of hydrogen-bond donors (Lipinski definition) is 2. The first-order chi connectivity index (χ1) is 45.3. The number of rotatable bonds is 78. The Kier molecular flexibility index (Phi) is 76.3. The highest BCUT2D eigenvalue weighted by Gasteiger charge is 2.26. The molecule has 3 N–H and O–H groups in total. The first kappa shape index (κ1) is 90.0. The number of phosphoric ester groups is 1. The van der Waals surface area contributed by atoms with Crippen molar-refractivity contribution in [1.29, 1.82) is 0 Å². The maximum Gasteiger partial charge on any atom is 0.472 e. The molecule has 0 amide bonds. The van der Waals surface area contributed by atoms with Gasteiger partial charge in [0.05, 0.1) is 13.2 Å². The number of carbonyl (C=O) groups is 2. The van der Waals surface area contributed by atoms with Crippen LogP contribution in [0.3, 0.4) is 0 Å². The number of esters is 2. The summed E-state index contributed by atoms with van der Waals surface area (Å²) in [5.41, 5.74) is 5.42. The maximum atomic E-state index is 12.8. The van der Waals surface area contributed by atoms with E-state index in [0.717, 1.165) is 57.8 Å². The van der Waals surface area contributed by atoms with Crippen LogP contribution in [0.2, 0.25) is 0 Å². The van der Waals surface area contributed by atoms with Gasteiger partial charge in [0.2, 0.25) is 0 Å². The summed E-state index contributed by atoms with van der Waals surface area (Å²) in [6.45, 7) is 3.72. The van der Waals surface area contributed by atoms with E-state index in [9.17, 15) is 19.0 Å². The molecule has 2 atom stereocenters. The molecule has 0 fully saturated rings. The molecule has 0 bridgehead atoms. The minimum atomic E-state index is -4.39. The van der Waals surface area contributed by atoms with Gasteiger partial charge in [-0.2, -0.15) is 0 Å². The van der Waals surface area contributed by atoms with Gasteiger partial charge in [-0.1, -0.05) is 416 Å². The lowest BCUT2D eigenvalue weighted by atomic mass is 10.0. The summed E-state index contributed by atoms with van der Waals surface area (Å²) >= 11 is 0. The fraction of sp³-hybridized carbons (Fsp3) is 0.878. The second-order valence-corrected chi connectivity index (χ2v) is 29.1. The van der Waals surface area contributed by atoms with Crippen molar-refractivity contribution >= 4 is 19.8 Å². The molecular formula is C82H156NO8P. The van der Waals surface area contributed by atoms with Gasteiger partial charge in [0, 0.05) is 19.4 Å². The van der Waals surface area contributed by atoms with Gasteiger partial charge in [0.25, 0.3) is 0 Å². The van der Waals surface area contributed by atoms with Gasteiger partial charge >= 0.3 is 19.8 Å². The monoisotopic (exact) mass is 1310 g/mol. The first-order valence-electron chi connectivity index (χ1n) is 40.6. The van der Waals surface area contributed by atoms with Crippen LogP contribution >= 0.6 is 7.82 Å². The van der Waals surface area contributed by atoms with Crippen LogP contribution < -0.4 is 5.73 Å². The smallest absolute Gasteiger partial charge is 0.462 e. The molecule has 0 aromatic rings. The lowest BCUT2D eigenvalue weighted by Crippen LogP contribution is -2.29. The molecule has 0 aliphatic rings. The third-order valence-corrected chi connectivity index (χ3v) is 19.5. The van der Waals surface area contributed by atoms with Gasteiger partial charge < -0.3 is 20.1 Å². The predicted molar refractivity (Wildman–Crippen MR) is 400 cm³/mol. The second kappa shape index (κ2) is 78.0. The third kappa shape index (κ3) is 77.0. The number of phosphoric acid groups is 1. The lowest BCUT2D eigenvalue weighted by Gasteiger charge is -2.19. The van der Waals surface area contributed by atoms with Crippen molar-refractivity contribution in [2.24, 2.45) is 5.73 Å². The molecule has 0 radical (unpaired) electrons. The van der Waals surface area contributed by atoms with Gasteiger partial charge in [-0.15, -0.1) is 0 Å². The topological polar surface area (TPSA) is 134 Å². The third-order valence-electron chi connectivity index (χ3n) is 18.5. The summed E-state index contributed by atoms with van der Waals surface area (Å²) in [5.74, 6) is -0.799. The molecule has 0 saturated carbocycles. The Bertz CT molecular complexity index is 1650. The average Bonchev–Trinajstić information content (AvgIpc) is 2.98. The van der Waals surface area contributed by atoms with Crippen molar-refractivity contribution in [2.45, 2.75) is 437 Å². The number of hydrogen-bond acceptors (Lipinski definition) is 8. The molecule has 9 nitrogen and oxygen atoms in total. The summed E-state index contributed by atoms with van der Waals surface area (Å²) in [6.07, 6.45) is 101. The Hall–Kier alpha value is -2.03. The van der Waals surface area contributed by atoms with Crippen LogP contribution in [0.25, 0.3) is 0 Å². The zero-order valence-corrected chi connectivity index (χ0v) is 62.2. The zero-order chi connectivity index (χ0) is 66.5. The van der Waals surface area contributed by atoms with E-state index in [1.807, 2.05) is 0 Å². The largest absolute Gasteiger partial charge is 0.472 e. The van der Waals surface area contributed by atoms with Crippen molar-refractivity contribution < 1.29 is 37.6 Å². The minimum Gasteiger partial charge on any atom is -0.462 e. The van der Waals surface area contributed by atoms with E-state index >= 15 is 0 Å². The Morgan fingerprint density at radius 1 is 0.337 bits per heavy atom. The van der Waals surface area contributed by atoms with Crippen LogP contribution in [0.15, 0.2) is 48.6 Å². The Balaban J connectivity index is 3.72. The van der Waals surface area contributed by atoms with Crippen molar-refractivity contribution in [3.63, 3.8) is 0 Å². The van der Waals surface area contributed by atoms with Gasteiger partial charge in [0.1, 0.15) is 6.61 Å². The number of allylic oxidation sites excluding steroid dienone is 8. The van der Waals surface area contributed by atoms with Gasteiger partial charge in [-0.05, 0) is 51.4 Å². The number of carbonyl (C=O) groups excluding carboxylic acids is 2. The summed E-state index contributed by atoms with van der Waals surface area (Å²) in [5, 5.41) is 0. The van der Waals surface area contributed by atoms with Crippen molar-refractivity contribution in [1.82, 2.24) is 0 Å². The van der Waals surface area contributed by atoms with Crippen LogP contribution in [0.1, 0.15) is 431 Å². The molecule has 542 valence electrons. The summed E-state index contributed by atoms with van der Waals surface area (Å²) in [4.78, 5) is 35.5. The Labute approximate surface area is 572 Å². The van der Waals surface area contributed by atoms with E-state index in [-0.39, 0.29) is 38.6 Å². The average molecular weight is 1320 g/mol. The second-order valence-electron chi connectivity index (χ2n) is 27.6. The van der Waals surface area contributed by atoms with E-state index in [0.29, 0.717) is 6.42 Å². The standard InChI is InChI=1S/C82H156NO8P/c1-3-5-7-9-11-13-15-17-19-21-23-25-27-29-31-33-35-36-37-38-39-40-41-42-43-44-45-47-49-51-53-55-57-59-61-63-65-67-69-71-73-75-82(85)91-80(79-90-92(86,87)89-77-76-83)78-88-81(84)74-72-70-68-66-64-62-60-58-56-54-52-50-48-46-34-32-30-28-26-24-22-20-18-16-14-12-10-8-6-4-2/h5,7,11,13,17,19,23,25,80H,3-4,6,8-10,12,14-16,18,20-22,24,26-79,83H2,1-2H3,(H,86,87)/b7-5-,13-11-,19-17-,25-23-. The van der Waals surface area contributed by atoms with Crippen LogP contribution in [-0.4, -0.2) is 49.3 Å². The van der Waals surface area contributed by atoms with Crippen molar-refractivity contribution in [3.05, 3.63) is 48.6 Å². The zero-order valence-electron chi connectivity index (χ0n) is 61.3. The fourth-order valence-corrected chi connectivity index (χ4v) is 13.3. The van der Waals surface area contributed by atoms with E-state index in [4.69, 9.17) is 24.3 Å². The lowest BCUT2D eigenvalue weighted by molar-refractivity contribution is -0.161. The van der Waals surface area contributed by atoms with Crippen LogP contribution in [-0.2, 0) is 32.7 Å². The molecule has 92 heavy (non-hydrogen) atoms. The fourth-order valence-electron chi connectivity index (χ4n) is 12.5. The van der Waals surface area contributed by atoms with Crippen molar-refractivity contribution in [2.75, 3.05) is 26.4 Å². The van der Waals surface area contributed by atoms with Crippen molar-refractivity contribution in [3.8, 4) is 0 Å². The number of nitrogens with two attached hydrogens (primary N) is 1. The molecular weight excluding hydrogens is 1160 g/mol. The molecule has 0 aliphatic carbocycles. The molecule has 0 heterocycles. The molecule has 0 saturated heterocycles.